The lowest BCUT2D eigenvalue weighted by Gasteiger charge is -2.45. The van der Waals surface area contributed by atoms with Crippen molar-refractivity contribution in [3.05, 3.63) is 59.9 Å². The second-order valence-electron chi connectivity index (χ2n) is 7.04. The zero-order valence-corrected chi connectivity index (χ0v) is 14.9. The van der Waals surface area contributed by atoms with Crippen LogP contribution in [0.2, 0.25) is 0 Å². The van der Waals surface area contributed by atoms with Crippen LogP contribution in [0.15, 0.2) is 48.7 Å². The summed E-state index contributed by atoms with van der Waals surface area (Å²) < 4.78 is 0. The molecule has 4 rings (SSSR count). The largest absolute Gasteiger partial charge is 0.508 e. The van der Waals surface area contributed by atoms with E-state index < -0.39 is 12.1 Å². The van der Waals surface area contributed by atoms with Gasteiger partial charge in [-0.15, -0.1) is 0 Å². The van der Waals surface area contributed by atoms with Crippen LogP contribution in [0.5, 0.6) is 5.75 Å². The minimum absolute atomic E-state index is 0.0369. The van der Waals surface area contributed by atoms with Crippen LogP contribution in [0, 0.1) is 0 Å². The number of rotatable bonds is 4. The molecular formula is C20H22N4O3. The Bertz CT molecular complexity index is 825. The molecule has 0 saturated carbocycles. The summed E-state index contributed by atoms with van der Waals surface area (Å²) in [6, 6.07) is 11.5. The van der Waals surface area contributed by atoms with Gasteiger partial charge in [0.25, 0.3) is 0 Å². The Morgan fingerprint density at radius 1 is 1.11 bits per heavy atom. The number of aromatic hydroxyl groups is 1. The van der Waals surface area contributed by atoms with Crippen LogP contribution in [-0.4, -0.2) is 63.4 Å². The van der Waals surface area contributed by atoms with Crippen LogP contribution < -0.4 is 5.32 Å². The van der Waals surface area contributed by atoms with Crippen molar-refractivity contribution < 1.29 is 14.7 Å². The van der Waals surface area contributed by atoms with E-state index in [1.54, 1.807) is 35.4 Å². The number of hydrogen-bond acceptors (Lipinski definition) is 5. The zero-order chi connectivity index (χ0) is 18.8. The fourth-order valence-corrected chi connectivity index (χ4v) is 3.73. The molecule has 140 valence electrons. The summed E-state index contributed by atoms with van der Waals surface area (Å²) >= 11 is 0. The lowest BCUT2D eigenvalue weighted by Crippen LogP contribution is -2.69. The topological polar surface area (TPSA) is 85.8 Å². The Morgan fingerprint density at radius 2 is 1.93 bits per heavy atom. The van der Waals surface area contributed by atoms with Gasteiger partial charge in [-0.3, -0.25) is 19.5 Å². The van der Waals surface area contributed by atoms with Crippen molar-refractivity contribution in [3.63, 3.8) is 0 Å². The Hall–Kier alpha value is -2.93. The van der Waals surface area contributed by atoms with Crippen molar-refractivity contribution in [3.8, 4) is 5.75 Å². The number of amides is 2. The fraction of sp³-hybridized carbons (Fsp3) is 0.350. The molecule has 2 aliphatic rings. The van der Waals surface area contributed by atoms with Gasteiger partial charge in [-0.2, -0.15) is 0 Å². The molecule has 0 spiro atoms. The van der Waals surface area contributed by atoms with Crippen LogP contribution in [0.3, 0.4) is 0 Å². The molecule has 2 atom stereocenters. The van der Waals surface area contributed by atoms with Crippen LogP contribution in [-0.2, 0) is 22.6 Å². The number of piperazine rings is 2. The second kappa shape index (κ2) is 7.36. The van der Waals surface area contributed by atoms with E-state index in [1.165, 1.54) is 0 Å². The second-order valence-corrected chi connectivity index (χ2v) is 7.04. The number of pyridine rings is 1. The molecule has 2 aromatic rings. The molecule has 27 heavy (non-hydrogen) atoms. The standard InChI is InChI=1S/C20H22N4O3/c25-16-6-4-14(5-7-16)11-17-20(27)24-10-9-23(13-18(24)19(26)22-17)12-15-3-1-2-8-21-15/h1-8,17-18,25H,9-13H2,(H,22,26)/t17-,18+/m0/s1. The Labute approximate surface area is 157 Å². The number of nitrogens with zero attached hydrogens (tertiary/aromatic N) is 3. The van der Waals surface area contributed by atoms with Crippen molar-refractivity contribution >= 4 is 11.8 Å². The van der Waals surface area contributed by atoms with Gasteiger partial charge in [-0.05, 0) is 29.8 Å². The molecule has 0 radical (unpaired) electrons. The Morgan fingerprint density at radius 3 is 2.67 bits per heavy atom. The normalized spacial score (nSPS) is 23.0. The minimum Gasteiger partial charge on any atom is -0.508 e. The molecule has 0 aliphatic carbocycles. The van der Waals surface area contributed by atoms with Gasteiger partial charge >= 0.3 is 0 Å². The monoisotopic (exact) mass is 366 g/mol. The number of phenolic OH excluding ortho intramolecular Hbond substituents is 1. The summed E-state index contributed by atoms with van der Waals surface area (Å²) in [6.45, 7) is 2.44. The maximum Gasteiger partial charge on any atom is 0.246 e. The first-order valence-electron chi connectivity index (χ1n) is 9.11. The van der Waals surface area contributed by atoms with Crippen molar-refractivity contribution in [2.45, 2.75) is 25.0 Å². The number of benzene rings is 1. The number of nitrogens with one attached hydrogen (secondary N) is 1. The molecule has 0 unspecified atom stereocenters. The SMILES string of the molecule is O=C1N[C@@H](Cc2ccc(O)cc2)C(=O)N2CCN(Cc3ccccn3)C[C@H]12. The molecule has 1 aromatic carbocycles. The molecule has 7 heteroatoms. The highest BCUT2D eigenvalue weighted by atomic mass is 16.3. The van der Waals surface area contributed by atoms with Crippen molar-refractivity contribution in [2.24, 2.45) is 0 Å². The minimum atomic E-state index is -0.555. The van der Waals surface area contributed by atoms with Crippen molar-refractivity contribution in [2.75, 3.05) is 19.6 Å². The van der Waals surface area contributed by atoms with E-state index in [4.69, 9.17) is 0 Å². The van der Waals surface area contributed by atoms with Crippen molar-refractivity contribution in [1.82, 2.24) is 20.1 Å². The summed E-state index contributed by atoms with van der Waals surface area (Å²) in [7, 11) is 0. The number of hydrogen-bond donors (Lipinski definition) is 2. The molecule has 7 nitrogen and oxygen atoms in total. The summed E-state index contributed by atoms with van der Waals surface area (Å²) in [5.41, 5.74) is 1.86. The number of aromatic nitrogens is 1. The molecular weight excluding hydrogens is 344 g/mol. The van der Waals surface area contributed by atoms with Crippen molar-refractivity contribution in [1.29, 1.82) is 0 Å². The summed E-state index contributed by atoms with van der Waals surface area (Å²) in [5, 5.41) is 12.3. The first-order valence-corrected chi connectivity index (χ1v) is 9.11. The average molecular weight is 366 g/mol. The number of carbonyl (C=O) groups excluding carboxylic acids is 2. The van der Waals surface area contributed by atoms with Crippen LogP contribution in [0.4, 0.5) is 0 Å². The molecule has 0 bridgehead atoms. The van der Waals surface area contributed by atoms with Crippen LogP contribution >= 0.6 is 0 Å². The quantitative estimate of drug-likeness (QED) is 0.825. The Balaban J connectivity index is 1.42. The lowest BCUT2D eigenvalue weighted by atomic mass is 9.98. The van der Waals surface area contributed by atoms with Gasteiger partial charge in [-0.1, -0.05) is 18.2 Å². The summed E-state index contributed by atoms with van der Waals surface area (Å²) in [5.74, 6) is 0.0381. The highest BCUT2D eigenvalue weighted by molar-refractivity contribution is 5.97. The molecule has 2 amide bonds. The predicted octanol–water partition coefficient (Wildman–Crippen LogP) is 0.541. The predicted molar refractivity (Wildman–Crippen MR) is 98.8 cm³/mol. The van der Waals surface area contributed by atoms with E-state index in [1.807, 2.05) is 18.2 Å². The molecule has 1 aromatic heterocycles. The highest BCUT2D eigenvalue weighted by Crippen LogP contribution is 2.20. The number of carbonyl (C=O) groups is 2. The third kappa shape index (κ3) is 3.78. The van der Waals surface area contributed by atoms with Crippen LogP contribution in [0.25, 0.3) is 0 Å². The summed E-state index contributed by atoms with van der Waals surface area (Å²) in [4.78, 5) is 33.7. The molecule has 3 heterocycles. The maximum atomic E-state index is 12.9. The first-order chi connectivity index (χ1) is 13.1. The van der Waals surface area contributed by atoms with E-state index in [0.29, 0.717) is 26.1 Å². The molecule has 2 saturated heterocycles. The zero-order valence-electron chi connectivity index (χ0n) is 14.9. The molecule has 2 aliphatic heterocycles. The Kier molecular flexibility index (Phi) is 4.77. The van der Waals surface area contributed by atoms with Gasteiger partial charge in [-0.25, -0.2) is 0 Å². The fourth-order valence-electron chi connectivity index (χ4n) is 3.73. The van der Waals surface area contributed by atoms with Gasteiger partial charge in [0.05, 0.1) is 5.69 Å². The lowest BCUT2D eigenvalue weighted by molar-refractivity contribution is -0.153. The van der Waals surface area contributed by atoms with E-state index in [9.17, 15) is 14.7 Å². The third-order valence-corrected chi connectivity index (χ3v) is 5.15. The number of phenols is 1. The first kappa shape index (κ1) is 17.5. The highest BCUT2D eigenvalue weighted by Gasteiger charge is 2.43. The van der Waals surface area contributed by atoms with E-state index >= 15 is 0 Å². The smallest absolute Gasteiger partial charge is 0.246 e. The molecule has 2 N–H and O–H groups in total. The van der Waals surface area contributed by atoms with Gasteiger partial charge in [0, 0.05) is 38.8 Å². The average Bonchev–Trinajstić information content (AvgIpc) is 2.68. The van der Waals surface area contributed by atoms with E-state index in [0.717, 1.165) is 17.8 Å². The van der Waals surface area contributed by atoms with Gasteiger partial charge in [0.2, 0.25) is 11.8 Å². The van der Waals surface area contributed by atoms with Gasteiger partial charge in [0.1, 0.15) is 17.8 Å². The van der Waals surface area contributed by atoms with Crippen LogP contribution in [0.1, 0.15) is 11.3 Å². The van der Waals surface area contributed by atoms with E-state index in [2.05, 4.69) is 15.2 Å². The number of fused-ring (bicyclic) bond motifs is 1. The maximum absolute atomic E-state index is 12.9. The summed E-state index contributed by atoms with van der Waals surface area (Å²) in [6.07, 6.45) is 2.18. The van der Waals surface area contributed by atoms with Gasteiger partial charge < -0.3 is 15.3 Å². The van der Waals surface area contributed by atoms with E-state index in [-0.39, 0.29) is 17.6 Å². The molecule has 2 fully saturated rings. The third-order valence-electron chi connectivity index (χ3n) is 5.15. The van der Waals surface area contributed by atoms with Gasteiger partial charge in [0.15, 0.2) is 0 Å².